The number of hydrogen-bond acceptors (Lipinski definition) is 4. The maximum absolute atomic E-state index is 11.8. The molecule has 2 heterocycles. The Hall–Kier alpha value is -2.28. The number of hydrogen-bond donors (Lipinski definition) is 1. The number of aromatic nitrogens is 2. The Bertz CT molecular complexity index is 1010. The molecule has 0 aliphatic rings. The Labute approximate surface area is 177 Å². The van der Waals surface area contributed by atoms with Crippen LogP contribution in [0.15, 0.2) is 70.2 Å². The fraction of sp³-hybridized carbons (Fsp3) is 0.143. The Kier molecular flexibility index (Phi) is 7.14. The summed E-state index contributed by atoms with van der Waals surface area (Å²) in [6, 6.07) is 11.5. The number of rotatable bonds is 8. The topological polar surface area (TPSA) is 55.1 Å². The highest BCUT2D eigenvalue weighted by atomic mass is 35.5. The molecule has 144 valence electrons. The number of nitrogens with zero attached hydrogens (tertiary/aromatic N) is 2. The second-order valence-corrected chi connectivity index (χ2v) is 8.27. The average Bonchev–Trinajstić information content (AvgIpc) is 3.32. The van der Waals surface area contributed by atoms with E-state index in [9.17, 15) is 9.90 Å². The summed E-state index contributed by atoms with van der Waals surface area (Å²) >= 11 is 9.37. The van der Waals surface area contributed by atoms with Crippen molar-refractivity contribution in [3.63, 3.8) is 0 Å². The highest BCUT2D eigenvalue weighted by molar-refractivity contribution is 8.02. The molecule has 0 amide bonds. The maximum atomic E-state index is 11.8. The van der Waals surface area contributed by atoms with Gasteiger partial charge in [0, 0.05) is 21.9 Å². The zero-order chi connectivity index (χ0) is 19.9. The SMILES string of the molecule is CC=CSc1ncc(/C=C(\Cc2cccs2)C(=O)O)n1Cc1ccccc1Cl. The van der Waals surface area contributed by atoms with Gasteiger partial charge in [0.15, 0.2) is 5.16 Å². The van der Waals surface area contributed by atoms with Crippen molar-refractivity contribution in [1.29, 1.82) is 0 Å². The lowest BCUT2D eigenvalue weighted by atomic mass is 10.1. The summed E-state index contributed by atoms with van der Waals surface area (Å²) in [5, 5.41) is 15.0. The van der Waals surface area contributed by atoms with Gasteiger partial charge in [0.1, 0.15) is 0 Å². The third-order valence-electron chi connectivity index (χ3n) is 3.99. The van der Waals surface area contributed by atoms with E-state index < -0.39 is 5.97 Å². The van der Waals surface area contributed by atoms with Crippen LogP contribution >= 0.6 is 34.7 Å². The summed E-state index contributed by atoms with van der Waals surface area (Å²) in [5.41, 5.74) is 2.01. The number of thiophene rings is 1. The Balaban J connectivity index is 2.00. The van der Waals surface area contributed by atoms with Crippen LogP contribution in [0.3, 0.4) is 0 Å². The van der Waals surface area contributed by atoms with Gasteiger partial charge in [-0.2, -0.15) is 0 Å². The van der Waals surface area contributed by atoms with E-state index in [0.717, 1.165) is 21.3 Å². The first-order valence-electron chi connectivity index (χ1n) is 8.61. The number of carboxylic acids is 1. The number of benzene rings is 1. The highest BCUT2D eigenvalue weighted by Gasteiger charge is 2.15. The van der Waals surface area contributed by atoms with Crippen molar-refractivity contribution in [2.75, 3.05) is 0 Å². The quantitative estimate of drug-likeness (QED) is 0.352. The minimum atomic E-state index is -0.929. The van der Waals surface area contributed by atoms with Gasteiger partial charge in [-0.3, -0.25) is 0 Å². The molecule has 0 aliphatic heterocycles. The van der Waals surface area contributed by atoms with E-state index in [1.165, 1.54) is 11.8 Å². The Morgan fingerprint density at radius 3 is 2.82 bits per heavy atom. The monoisotopic (exact) mass is 430 g/mol. The molecule has 1 N–H and O–H groups in total. The van der Waals surface area contributed by atoms with Crippen molar-refractivity contribution in [2.45, 2.75) is 25.0 Å². The molecule has 0 aliphatic carbocycles. The minimum Gasteiger partial charge on any atom is -0.478 e. The minimum absolute atomic E-state index is 0.324. The number of carboxylic acid groups (broad SMARTS) is 1. The normalized spacial score (nSPS) is 12.0. The first-order valence-corrected chi connectivity index (χ1v) is 10.7. The third kappa shape index (κ3) is 5.16. The number of carbonyl (C=O) groups is 1. The number of allylic oxidation sites excluding steroid dienone is 1. The van der Waals surface area contributed by atoms with Crippen molar-refractivity contribution >= 4 is 46.7 Å². The van der Waals surface area contributed by atoms with Crippen LogP contribution in [0, 0.1) is 0 Å². The van der Waals surface area contributed by atoms with Gasteiger partial charge in [0.2, 0.25) is 0 Å². The van der Waals surface area contributed by atoms with E-state index in [2.05, 4.69) is 4.98 Å². The summed E-state index contributed by atoms with van der Waals surface area (Å²) in [5.74, 6) is -0.929. The zero-order valence-corrected chi connectivity index (χ0v) is 17.6. The fourth-order valence-electron chi connectivity index (χ4n) is 2.63. The maximum Gasteiger partial charge on any atom is 0.332 e. The second-order valence-electron chi connectivity index (χ2n) is 5.96. The van der Waals surface area contributed by atoms with Gasteiger partial charge >= 0.3 is 5.97 Å². The molecule has 2 aromatic heterocycles. The molecule has 3 rings (SSSR count). The number of aliphatic carboxylic acids is 1. The van der Waals surface area contributed by atoms with Crippen LogP contribution in [0.4, 0.5) is 0 Å². The molecule has 1 aromatic carbocycles. The Morgan fingerprint density at radius 1 is 1.32 bits per heavy atom. The molecule has 3 aromatic rings. The summed E-state index contributed by atoms with van der Waals surface area (Å²) in [6.07, 6.45) is 5.72. The van der Waals surface area contributed by atoms with Gasteiger partial charge in [-0.1, -0.05) is 53.7 Å². The van der Waals surface area contributed by atoms with E-state index >= 15 is 0 Å². The van der Waals surface area contributed by atoms with Gasteiger partial charge in [0.05, 0.1) is 18.4 Å². The van der Waals surface area contributed by atoms with Crippen molar-refractivity contribution in [2.24, 2.45) is 0 Å². The number of imidazole rings is 1. The van der Waals surface area contributed by atoms with Crippen LogP contribution in [0.1, 0.15) is 23.1 Å². The van der Waals surface area contributed by atoms with E-state index in [4.69, 9.17) is 11.6 Å². The molecule has 0 saturated carbocycles. The van der Waals surface area contributed by atoms with E-state index in [0.29, 0.717) is 23.6 Å². The first kappa shape index (κ1) is 20.5. The van der Waals surface area contributed by atoms with E-state index in [-0.39, 0.29) is 0 Å². The molecular formula is C21H19ClN2O2S2. The molecule has 0 spiro atoms. The summed E-state index contributed by atoms with van der Waals surface area (Å²) in [7, 11) is 0. The van der Waals surface area contributed by atoms with Gasteiger partial charge in [0.25, 0.3) is 0 Å². The van der Waals surface area contributed by atoms with E-state index in [1.807, 2.05) is 64.8 Å². The van der Waals surface area contributed by atoms with Crippen LogP contribution in [-0.4, -0.2) is 20.6 Å². The van der Waals surface area contributed by atoms with Crippen LogP contribution in [-0.2, 0) is 17.8 Å². The molecule has 0 saturated heterocycles. The highest BCUT2D eigenvalue weighted by Crippen LogP contribution is 2.26. The average molecular weight is 431 g/mol. The summed E-state index contributed by atoms with van der Waals surface area (Å²) in [4.78, 5) is 17.3. The second kappa shape index (κ2) is 9.78. The molecule has 0 unspecified atom stereocenters. The van der Waals surface area contributed by atoms with Gasteiger partial charge in [-0.05, 0) is 41.5 Å². The fourth-order valence-corrected chi connectivity index (χ4v) is 4.22. The molecule has 0 bridgehead atoms. The van der Waals surface area contributed by atoms with Gasteiger partial charge in [-0.15, -0.1) is 11.3 Å². The number of thioether (sulfide) groups is 1. The van der Waals surface area contributed by atoms with Crippen LogP contribution in [0.25, 0.3) is 6.08 Å². The first-order chi connectivity index (χ1) is 13.6. The van der Waals surface area contributed by atoms with Crippen molar-refractivity contribution < 1.29 is 9.90 Å². The molecule has 7 heteroatoms. The lowest BCUT2D eigenvalue weighted by Crippen LogP contribution is -2.07. The zero-order valence-electron chi connectivity index (χ0n) is 15.2. The van der Waals surface area contributed by atoms with Gasteiger partial charge in [-0.25, -0.2) is 9.78 Å². The van der Waals surface area contributed by atoms with E-state index in [1.54, 1.807) is 23.6 Å². The van der Waals surface area contributed by atoms with Crippen LogP contribution in [0.5, 0.6) is 0 Å². The van der Waals surface area contributed by atoms with Crippen molar-refractivity contribution in [3.05, 3.63) is 86.2 Å². The molecule has 0 radical (unpaired) electrons. The van der Waals surface area contributed by atoms with Gasteiger partial charge < -0.3 is 9.67 Å². The summed E-state index contributed by atoms with van der Waals surface area (Å²) < 4.78 is 1.99. The smallest absolute Gasteiger partial charge is 0.332 e. The van der Waals surface area contributed by atoms with Crippen LogP contribution in [0.2, 0.25) is 5.02 Å². The number of halogens is 1. The molecular weight excluding hydrogens is 412 g/mol. The van der Waals surface area contributed by atoms with Crippen LogP contribution < -0.4 is 0 Å². The standard InChI is InChI=1S/C21H19ClN2O2S2/c1-2-9-28-21-23-13-17(24(21)14-15-6-3-4-8-19(15)22)11-16(20(25)26)12-18-7-5-10-27-18/h2-11,13H,12,14H2,1H3,(H,25,26)/b9-2?,16-11+. The van der Waals surface area contributed by atoms with Crippen molar-refractivity contribution in [3.8, 4) is 0 Å². The predicted octanol–water partition coefficient (Wildman–Crippen LogP) is 5.98. The Morgan fingerprint density at radius 2 is 2.14 bits per heavy atom. The molecule has 28 heavy (non-hydrogen) atoms. The summed E-state index contributed by atoms with van der Waals surface area (Å²) in [6.45, 7) is 2.45. The molecule has 0 atom stereocenters. The van der Waals surface area contributed by atoms with Crippen molar-refractivity contribution in [1.82, 2.24) is 9.55 Å². The third-order valence-corrected chi connectivity index (χ3v) is 6.18. The molecule has 0 fully saturated rings. The lowest BCUT2D eigenvalue weighted by Gasteiger charge is -2.11. The lowest BCUT2D eigenvalue weighted by molar-refractivity contribution is -0.132. The molecule has 4 nitrogen and oxygen atoms in total. The largest absolute Gasteiger partial charge is 0.478 e. The predicted molar refractivity (Wildman–Crippen MR) is 117 cm³/mol.